The molecule has 2 aromatic rings. The van der Waals surface area contributed by atoms with Crippen molar-refractivity contribution in [2.45, 2.75) is 133 Å². The van der Waals surface area contributed by atoms with Crippen molar-refractivity contribution in [2.24, 2.45) is 5.73 Å². The highest BCUT2D eigenvalue weighted by Gasteiger charge is 2.43. The standard InChI is InChI=1S/C40H66F2N2O6/c41-27-11-7-4-2-1-3-5-9-13-29-49-37-21-17-35(18-22-37)24-26-40(33-47,38(43)48)44-39(31-45,32-46)25-23-34-15-19-36(20-16-34)50-30-14-10-6-8-12-28-42/h15-22,38,44-48H,1-14,23-33,43H2. The van der Waals surface area contributed by atoms with E-state index in [0.717, 1.165) is 74.0 Å². The third kappa shape index (κ3) is 17.2. The van der Waals surface area contributed by atoms with Gasteiger partial charge in [0.15, 0.2) is 0 Å². The number of aliphatic hydroxyl groups excluding tert-OH is 4. The third-order valence-corrected chi connectivity index (χ3v) is 9.66. The molecule has 2 atom stereocenters. The number of benzene rings is 2. The van der Waals surface area contributed by atoms with E-state index in [1.54, 1.807) is 0 Å². The highest BCUT2D eigenvalue weighted by Crippen LogP contribution is 2.26. The number of hydrogen-bond acceptors (Lipinski definition) is 8. The van der Waals surface area contributed by atoms with E-state index < -0.39 is 37.1 Å². The Morgan fingerprint density at radius 2 is 0.940 bits per heavy atom. The van der Waals surface area contributed by atoms with Gasteiger partial charge in [-0.15, -0.1) is 0 Å². The maximum absolute atomic E-state index is 12.2. The van der Waals surface area contributed by atoms with Crippen molar-refractivity contribution in [3.05, 3.63) is 59.7 Å². The number of nitrogens with two attached hydrogens (primary N) is 1. The molecule has 0 spiro atoms. The monoisotopic (exact) mass is 708 g/mol. The summed E-state index contributed by atoms with van der Waals surface area (Å²) in [5, 5.41) is 45.2. The largest absolute Gasteiger partial charge is 0.494 e. The van der Waals surface area contributed by atoms with Crippen LogP contribution in [0.5, 0.6) is 11.5 Å². The molecule has 10 heteroatoms. The zero-order valence-corrected chi connectivity index (χ0v) is 30.3. The zero-order valence-electron chi connectivity index (χ0n) is 30.3. The summed E-state index contributed by atoms with van der Waals surface area (Å²) >= 11 is 0. The second-order valence-electron chi connectivity index (χ2n) is 13.8. The molecule has 286 valence electrons. The number of hydrogen-bond donors (Lipinski definition) is 6. The van der Waals surface area contributed by atoms with E-state index in [1.165, 1.54) is 25.7 Å². The Bertz CT molecular complexity index is 1090. The topological polar surface area (TPSA) is 137 Å². The number of rotatable bonds is 32. The van der Waals surface area contributed by atoms with Crippen molar-refractivity contribution in [1.82, 2.24) is 5.32 Å². The predicted octanol–water partition coefficient (Wildman–Crippen LogP) is 6.73. The third-order valence-electron chi connectivity index (χ3n) is 9.66. The summed E-state index contributed by atoms with van der Waals surface area (Å²) in [6, 6.07) is 15.4. The molecule has 0 bridgehead atoms. The fourth-order valence-corrected chi connectivity index (χ4v) is 6.17. The Kier molecular flexibility index (Phi) is 23.2. The van der Waals surface area contributed by atoms with Crippen LogP contribution in [0, 0.1) is 0 Å². The summed E-state index contributed by atoms with van der Waals surface area (Å²) in [7, 11) is 0. The van der Waals surface area contributed by atoms with Crippen LogP contribution in [0.4, 0.5) is 8.78 Å². The van der Waals surface area contributed by atoms with Gasteiger partial charge in [-0.25, -0.2) is 0 Å². The fraction of sp³-hybridized carbons (Fsp3) is 0.700. The number of ether oxygens (including phenoxy) is 2. The Hall–Kier alpha value is -2.34. The molecule has 0 aliphatic heterocycles. The van der Waals surface area contributed by atoms with Crippen molar-refractivity contribution < 1.29 is 38.7 Å². The molecule has 0 saturated carbocycles. The van der Waals surface area contributed by atoms with Crippen LogP contribution in [0.15, 0.2) is 48.5 Å². The van der Waals surface area contributed by atoms with Crippen LogP contribution >= 0.6 is 0 Å². The molecule has 7 N–H and O–H groups in total. The SMILES string of the molecule is NC(O)C(CO)(CCc1ccc(OCCCCCCCCCCCF)cc1)NC(CO)(CO)CCc1ccc(OCCCCCCCF)cc1. The number of aliphatic hydroxyl groups is 4. The molecular weight excluding hydrogens is 642 g/mol. The summed E-state index contributed by atoms with van der Waals surface area (Å²) in [6.45, 7) is -0.534. The molecule has 2 rings (SSSR count). The Morgan fingerprint density at radius 1 is 0.560 bits per heavy atom. The highest BCUT2D eigenvalue weighted by atomic mass is 19.1. The fourth-order valence-electron chi connectivity index (χ4n) is 6.17. The van der Waals surface area contributed by atoms with Crippen LogP contribution in [-0.4, -0.2) is 84.1 Å². The number of aryl methyl sites for hydroxylation is 2. The van der Waals surface area contributed by atoms with Crippen molar-refractivity contribution in [2.75, 3.05) is 46.4 Å². The van der Waals surface area contributed by atoms with Gasteiger partial charge in [-0.3, -0.25) is 14.1 Å². The van der Waals surface area contributed by atoms with Crippen molar-refractivity contribution in [3.63, 3.8) is 0 Å². The molecule has 0 aromatic heterocycles. The van der Waals surface area contributed by atoms with E-state index in [2.05, 4.69) is 5.32 Å². The molecule has 0 saturated heterocycles. The van der Waals surface area contributed by atoms with E-state index in [4.69, 9.17) is 15.2 Å². The summed E-state index contributed by atoms with van der Waals surface area (Å²) in [4.78, 5) is 0. The lowest BCUT2D eigenvalue weighted by molar-refractivity contribution is -0.0308. The minimum absolute atomic E-state index is 0.205. The van der Waals surface area contributed by atoms with Gasteiger partial charge in [0.05, 0.1) is 57.5 Å². The van der Waals surface area contributed by atoms with Crippen molar-refractivity contribution >= 4 is 0 Å². The van der Waals surface area contributed by atoms with Crippen LogP contribution in [0.1, 0.15) is 114 Å². The maximum atomic E-state index is 12.2. The molecule has 0 aliphatic rings. The van der Waals surface area contributed by atoms with Gasteiger partial charge in [0.25, 0.3) is 0 Å². The molecular formula is C40H66F2N2O6. The van der Waals surface area contributed by atoms with E-state index in [1.807, 2.05) is 48.5 Å². The Balaban J connectivity index is 1.82. The smallest absolute Gasteiger partial charge is 0.123 e. The quantitative estimate of drug-likeness (QED) is 0.0364. The predicted molar refractivity (Wildman–Crippen MR) is 197 cm³/mol. The molecule has 0 amide bonds. The number of nitrogens with one attached hydrogen (secondary N) is 1. The van der Waals surface area contributed by atoms with Gasteiger partial charge in [0.1, 0.15) is 17.7 Å². The highest BCUT2D eigenvalue weighted by molar-refractivity contribution is 5.28. The van der Waals surface area contributed by atoms with E-state index in [0.29, 0.717) is 45.3 Å². The minimum atomic E-state index is -1.45. The molecule has 2 unspecified atom stereocenters. The molecule has 0 aliphatic carbocycles. The van der Waals surface area contributed by atoms with Crippen LogP contribution in [0.25, 0.3) is 0 Å². The Labute approximate surface area is 299 Å². The summed E-state index contributed by atoms with van der Waals surface area (Å²) in [5.41, 5.74) is 5.43. The second kappa shape index (κ2) is 26.4. The van der Waals surface area contributed by atoms with Gasteiger partial charge in [-0.05, 0) is 86.8 Å². The average molecular weight is 709 g/mol. The van der Waals surface area contributed by atoms with Crippen LogP contribution in [0.2, 0.25) is 0 Å². The van der Waals surface area contributed by atoms with E-state index in [-0.39, 0.29) is 19.8 Å². The first kappa shape index (κ1) is 43.8. The molecule has 50 heavy (non-hydrogen) atoms. The van der Waals surface area contributed by atoms with Gasteiger partial charge in [-0.2, -0.15) is 0 Å². The normalized spacial score (nSPS) is 13.7. The number of halogens is 2. The van der Waals surface area contributed by atoms with Gasteiger partial charge < -0.3 is 35.6 Å². The second-order valence-corrected chi connectivity index (χ2v) is 13.8. The number of alkyl halides is 2. The average Bonchev–Trinajstić information content (AvgIpc) is 3.14. The van der Waals surface area contributed by atoms with Gasteiger partial charge in [0.2, 0.25) is 0 Å². The van der Waals surface area contributed by atoms with Gasteiger partial charge in [0, 0.05) is 0 Å². The molecule has 2 aromatic carbocycles. The molecule has 0 radical (unpaired) electrons. The van der Waals surface area contributed by atoms with Crippen molar-refractivity contribution in [1.29, 1.82) is 0 Å². The maximum Gasteiger partial charge on any atom is 0.123 e. The van der Waals surface area contributed by atoms with Gasteiger partial charge in [-0.1, -0.05) is 88.5 Å². The molecule has 8 nitrogen and oxygen atoms in total. The lowest BCUT2D eigenvalue weighted by Gasteiger charge is -2.44. The van der Waals surface area contributed by atoms with Crippen molar-refractivity contribution in [3.8, 4) is 11.5 Å². The first-order valence-corrected chi connectivity index (χ1v) is 19.0. The summed E-state index contributed by atoms with van der Waals surface area (Å²) < 4.78 is 36.1. The lowest BCUT2D eigenvalue weighted by Crippen LogP contribution is -2.70. The van der Waals surface area contributed by atoms with Crippen LogP contribution in [0.3, 0.4) is 0 Å². The lowest BCUT2D eigenvalue weighted by atomic mass is 9.84. The minimum Gasteiger partial charge on any atom is -0.494 e. The van der Waals surface area contributed by atoms with E-state index in [9.17, 15) is 29.2 Å². The van der Waals surface area contributed by atoms with Gasteiger partial charge >= 0.3 is 0 Å². The summed E-state index contributed by atoms with van der Waals surface area (Å²) in [6.07, 6.45) is 14.3. The van der Waals surface area contributed by atoms with Crippen LogP contribution < -0.4 is 20.5 Å². The molecule has 0 heterocycles. The first-order chi connectivity index (χ1) is 24.4. The Morgan fingerprint density at radius 3 is 1.30 bits per heavy atom. The molecule has 0 fully saturated rings. The van der Waals surface area contributed by atoms with Crippen LogP contribution in [-0.2, 0) is 12.8 Å². The zero-order chi connectivity index (χ0) is 36.3. The number of unbranched alkanes of at least 4 members (excludes halogenated alkanes) is 12. The first-order valence-electron chi connectivity index (χ1n) is 19.0. The summed E-state index contributed by atoms with van der Waals surface area (Å²) in [5.74, 6) is 1.55. The van der Waals surface area contributed by atoms with E-state index >= 15 is 0 Å².